The van der Waals surface area contributed by atoms with Gasteiger partial charge in [-0.2, -0.15) is 0 Å². The lowest BCUT2D eigenvalue weighted by molar-refractivity contribution is -0.133. The molecule has 31 heavy (non-hydrogen) atoms. The minimum absolute atomic E-state index is 0.362. The molecule has 0 bridgehead atoms. The van der Waals surface area contributed by atoms with Gasteiger partial charge in [-0.25, -0.2) is 5.48 Å². The van der Waals surface area contributed by atoms with Crippen molar-refractivity contribution >= 4 is 11.8 Å². The van der Waals surface area contributed by atoms with E-state index in [1.807, 2.05) is 12.1 Å². The van der Waals surface area contributed by atoms with Crippen molar-refractivity contribution < 1.29 is 24.6 Å². The second-order valence-corrected chi connectivity index (χ2v) is 7.75. The zero-order valence-electron chi connectivity index (χ0n) is 17.6. The van der Waals surface area contributed by atoms with Crippen LogP contribution in [0.1, 0.15) is 34.0 Å². The molecule has 3 rings (SSSR count). The first-order chi connectivity index (χ1) is 15.0. The zero-order chi connectivity index (χ0) is 22.2. The Labute approximate surface area is 181 Å². The quantitative estimate of drug-likeness (QED) is 0.371. The standard InChI is InChI=1S/C23H29N3O5/c1-16(27)21(23(29)25-30)24-22(28)20-8-6-18(7-9-20)14-17-2-4-19(5-3-17)15-26-10-12-31-13-11-26/h2-9,16,21,27,30H,10-15H2,1H3,(H,24,28)(H,25,29)/t16-,21?/m1/s1. The molecular weight excluding hydrogens is 398 g/mol. The first-order valence-electron chi connectivity index (χ1n) is 10.4. The van der Waals surface area contributed by atoms with Gasteiger partial charge in [0.2, 0.25) is 0 Å². The SMILES string of the molecule is C[C@@H](O)C(NC(=O)c1ccc(Cc2ccc(CN3CCOCC3)cc2)cc1)C(=O)NO. The Hall–Kier alpha value is -2.78. The molecule has 2 amide bonds. The molecule has 0 spiro atoms. The van der Waals surface area contributed by atoms with Gasteiger partial charge in [0.25, 0.3) is 11.8 Å². The maximum atomic E-state index is 12.4. The summed E-state index contributed by atoms with van der Waals surface area (Å²) in [5.41, 5.74) is 5.31. The van der Waals surface area contributed by atoms with Crippen molar-refractivity contribution in [2.24, 2.45) is 0 Å². The number of morpholine rings is 1. The summed E-state index contributed by atoms with van der Waals surface area (Å²) in [4.78, 5) is 26.3. The number of nitrogens with zero attached hydrogens (tertiary/aromatic N) is 1. The molecule has 0 saturated carbocycles. The van der Waals surface area contributed by atoms with E-state index in [-0.39, 0.29) is 0 Å². The molecule has 2 aromatic carbocycles. The number of ether oxygens (including phenoxy) is 1. The van der Waals surface area contributed by atoms with Crippen molar-refractivity contribution in [2.45, 2.75) is 32.0 Å². The van der Waals surface area contributed by atoms with Crippen molar-refractivity contribution in [1.82, 2.24) is 15.7 Å². The molecule has 2 atom stereocenters. The average molecular weight is 428 g/mol. The van der Waals surface area contributed by atoms with Crippen LogP contribution >= 0.6 is 0 Å². The highest BCUT2D eigenvalue weighted by molar-refractivity contribution is 5.97. The lowest BCUT2D eigenvalue weighted by Gasteiger charge is -2.26. The Balaban J connectivity index is 1.56. The van der Waals surface area contributed by atoms with E-state index in [9.17, 15) is 14.7 Å². The number of carbonyl (C=O) groups is 2. The number of hydrogen-bond acceptors (Lipinski definition) is 6. The maximum Gasteiger partial charge on any atom is 0.268 e. The van der Waals surface area contributed by atoms with Crippen molar-refractivity contribution in [3.05, 3.63) is 70.8 Å². The molecular formula is C23H29N3O5. The first kappa shape index (κ1) is 22.9. The van der Waals surface area contributed by atoms with Gasteiger partial charge in [-0.05, 0) is 42.2 Å². The third-order valence-corrected chi connectivity index (χ3v) is 5.32. The Kier molecular flexibility index (Phi) is 8.13. The molecule has 4 N–H and O–H groups in total. The number of amides is 2. The molecule has 1 aliphatic rings. The van der Waals surface area contributed by atoms with E-state index in [2.05, 4.69) is 34.5 Å². The lowest BCUT2D eigenvalue weighted by atomic mass is 10.0. The Morgan fingerprint density at radius 2 is 1.55 bits per heavy atom. The van der Waals surface area contributed by atoms with Gasteiger partial charge >= 0.3 is 0 Å². The topological polar surface area (TPSA) is 111 Å². The number of hydroxylamine groups is 1. The van der Waals surface area contributed by atoms with E-state index in [1.165, 1.54) is 23.5 Å². The summed E-state index contributed by atoms with van der Waals surface area (Å²) in [5.74, 6) is -1.38. The number of aliphatic hydroxyl groups excluding tert-OH is 1. The number of benzene rings is 2. The molecule has 1 aliphatic heterocycles. The second kappa shape index (κ2) is 11.0. The van der Waals surface area contributed by atoms with Crippen LogP contribution in [-0.2, 0) is 22.5 Å². The van der Waals surface area contributed by atoms with Crippen molar-refractivity contribution in [1.29, 1.82) is 0 Å². The van der Waals surface area contributed by atoms with Gasteiger partial charge < -0.3 is 15.2 Å². The number of hydrogen-bond donors (Lipinski definition) is 4. The largest absolute Gasteiger partial charge is 0.391 e. The summed E-state index contributed by atoms with van der Waals surface area (Å²) in [6.45, 7) is 5.79. The third kappa shape index (κ3) is 6.60. The summed E-state index contributed by atoms with van der Waals surface area (Å²) in [5, 5.41) is 20.8. The van der Waals surface area contributed by atoms with Gasteiger partial charge in [0.15, 0.2) is 0 Å². The van der Waals surface area contributed by atoms with Crippen LogP contribution in [0.3, 0.4) is 0 Å². The summed E-state index contributed by atoms with van der Waals surface area (Å²) in [6.07, 6.45) is -0.412. The van der Waals surface area contributed by atoms with Crippen LogP contribution in [0, 0.1) is 0 Å². The van der Waals surface area contributed by atoms with Crippen LogP contribution in [0.15, 0.2) is 48.5 Å². The van der Waals surface area contributed by atoms with E-state index in [0.717, 1.165) is 44.8 Å². The molecule has 0 aromatic heterocycles. The average Bonchev–Trinajstić information content (AvgIpc) is 2.79. The Morgan fingerprint density at radius 3 is 2.10 bits per heavy atom. The molecule has 0 radical (unpaired) electrons. The molecule has 8 heteroatoms. The van der Waals surface area contributed by atoms with Crippen LogP contribution in [0.5, 0.6) is 0 Å². The highest BCUT2D eigenvalue weighted by Crippen LogP contribution is 2.14. The first-order valence-corrected chi connectivity index (χ1v) is 10.4. The fraction of sp³-hybridized carbons (Fsp3) is 0.391. The number of rotatable bonds is 8. The number of nitrogens with one attached hydrogen (secondary N) is 2. The summed E-state index contributed by atoms with van der Waals surface area (Å²) >= 11 is 0. The Bertz CT molecular complexity index is 862. The molecule has 0 aliphatic carbocycles. The second-order valence-electron chi connectivity index (χ2n) is 7.75. The Morgan fingerprint density at radius 1 is 1.00 bits per heavy atom. The van der Waals surface area contributed by atoms with Crippen LogP contribution in [0.2, 0.25) is 0 Å². The molecule has 8 nitrogen and oxygen atoms in total. The van der Waals surface area contributed by atoms with E-state index in [0.29, 0.717) is 5.56 Å². The minimum Gasteiger partial charge on any atom is -0.391 e. The summed E-state index contributed by atoms with van der Waals surface area (Å²) in [7, 11) is 0. The van der Waals surface area contributed by atoms with Crippen LogP contribution in [-0.4, -0.2) is 65.5 Å². The van der Waals surface area contributed by atoms with Crippen molar-refractivity contribution in [3.63, 3.8) is 0 Å². The fourth-order valence-corrected chi connectivity index (χ4v) is 3.49. The van der Waals surface area contributed by atoms with Gasteiger partial charge in [-0.15, -0.1) is 0 Å². The fourth-order valence-electron chi connectivity index (χ4n) is 3.49. The van der Waals surface area contributed by atoms with Gasteiger partial charge in [0.1, 0.15) is 6.04 Å². The third-order valence-electron chi connectivity index (χ3n) is 5.32. The summed E-state index contributed by atoms with van der Waals surface area (Å²) in [6, 6.07) is 14.4. The summed E-state index contributed by atoms with van der Waals surface area (Å²) < 4.78 is 5.39. The van der Waals surface area contributed by atoms with E-state index < -0.39 is 24.0 Å². The van der Waals surface area contributed by atoms with Crippen LogP contribution < -0.4 is 10.8 Å². The molecule has 166 valence electrons. The van der Waals surface area contributed by atoms with Crippen molar-refractivity contribution in [3.8, 4) is 0 Å². The maximum absolute atomic E-state index is 12.4. The molecule has 1 fully saturated rings. The van der Waals surface area contributed by atoms with Gasteiger partial charge in [0.05, 0.1) is 19.3 Å². The number of carbonyl (C=O) groups excluding carboxylic acids is 2. The molecule has 1 heterocycles. The monoisotopic (exact) mass is 427 g/mol. The van der Waals surface area contributed by atoms with Gasteiger partial charge in [-0.3, -0.25) is 19.7 Å². The molecule has 1 unspecified atom stereocenters. The smallest absolute Gasteiger partial charge is 0.268 e. The van der Waals surface area contributed by atoms with E-state index in [4.69, 9.17) is 9.94 Å². The number of aliphatic hydroxyl groups is 1. The van der Waals surface area contributed by atoms with E-state index in [1.54, 1.807) is 12.1 Å². The molecule has 1 saturated heterocycles. The van der Waals surface area contributed by atoms with Gasteiger partial charge in [-0.1, -0.05) is 36.4 Å². The normalized spacial score (nSPS) is 16.4. The predicted molar refractivity (Wildman–Crippen MR) is 115 cm³/mol. The van der Waals surface area contributed by atoms with Gasteiger partial charge in [0, 0.05) is 25.2 Å². The van der Waals surface area contributed by atoms with Crippen LogP contribution in [0.25, 0.3) is 0 Å². The van der Waals surface area contributed by atoms with E-state index >= 15 is 0 Å². The lowest BCUT2D eigenvalue weighted by Crippen LogP contribution is -2.51. The highest BCUT2D eigenvalue weighted by Gasteiger charge is 2.25. The zero-order valence-corrected chi connectivity index (χ0v) is 17.6. The molecule has 2 aromatic rings. The van der Waals surface area contributed by atoms with Crippen molar-refractivity contribution in [2.75, 3.05) is 26.3 Å². The predicted octanol–water partition coefficient (Wildman–Crippen LogP) is 1.09. The van der Waals surface area contributed by atoms with Crippen LogP contribution in [0.4, 0.5) is 0 Å². The highest BCUT2D eigenvalue weighted by atomic mass is 16.5. The minimum atomic E-state index is -1.24.